The van der Waals surface area contributed by atoms with Gasteiger partial charge in [0.15, 0.2) is 16.4 Å². The zero-order chi connectivity index (χ0) is 23.1. The molecule has 0 bridgehead atoms. The largest absolute Gasteiger partial charge is 0.452 e. The molecule has 8 heteroatoms. The Morgan fingerprint density at radius 1 is 1.19 bits per heavy atom. The number of benzene rings is 1. The third kappa shape index (κ3) is 4.80. The van der Waals surface area contributed by atoms with Gasteiger partial charge in [-0.15, -0.1) is 0 Å². The highest BCUT2D eigenvalue weighted by molar-refractivity contribution is 7.91. The number of nitrogens with zero attached hydrogens (tertiary/aromatic N) is 1. The minimum absolute atomic E-state index is 0.0661. The van der Waals surface area contributed by atoms with Crippen LogP contribution in [-0.4, -0.2) is 49.4 Å². The van der Waals surface area contributed by atoms with E-state index in [1.165, 1.54) is 0 Å². The van der Waals surface area contributed by atoms with Gasteiger partial charge in [-0.1, -0.05) is 39.0 Å². The van der Waals surface area contributed by atoms with Crippen molar-refractivity contribution < 1.29 is 22.7 Å². The highest BCUT2D eigenvalue weighted by Gasteiger charge is 2.33. The first-order valence-electron chi connectivity index (χ1n) is 11.1. The number of nitrogens with one attached hydrogen (secondary N) is 1. The van der Waals surface area contributed by atoms with Gasteiger partial charge in [0.2, 0.25) is 0 Å². The van der Waals surface area contributed by atoms with Crippen LogP contribution in [0, 0.1) is 11.3 Å². The maximum Gasteiger partial charge on any atom is 0.339 e. The Morgan fingerprint density at radius 3 is 2.62 bits per heavy atom. The quantitative estimate of drug-likeness (QED) is 0.707. The molecule has 0 saturated carbocycles. The van der Waals surface area contributed by atoms with Crippen molar-refractivity contribution >= 4 is 32.6 Å². The van der Waals surface area contributed by atoms with E-state index in [0.29, 0.717) is 17.9 Å². The molecule has 1 fully saturated rings. The fourth-order valence-corrected chi connectivity index (χ4v) is 6.42. The number of ether oxygens (including phenoxy) is 1. The number of pyridine rings is 1. The second-order valence-corrected chi connectivity index (χ2v) is 12.2. The van der Waals surface area contributed by atoms with E-state index in [1.807, 2.05) is 24.3 Å². The lowest BCUT2D eigenvalue weighted by Gasteiger charge is -2.35. The van der Waals surface area contributed by atoms with Crippen LogP contribution in [0.2, 0.25) is 0 Å². The minimum atomic E-state index is -3.10. The molecule has 0 unspecified atom stereocenters. The lowest BCUT2D eigenvalue weighted by atomic mass is 9.70. The summed E-state index contributed by atoms with van der Waals surface area (Å²) in [5.74, 6) is -0.605. The summed E-state index contributed by atoms with van der Waals surface area (Å²) in [5.41, 5.74) is 3.19. The van der Waals surface area contributed by atoms with Gasteiger partial charge in [-0.2, -0.15) is 0 Å². The van der Waals surface area contributed by atoms with Crippen LogP contribution in [0.25, 0.3) is 10.9 Å². The maximum atomic E-state index is 13.2. The van der Waals surface area contributed by atoms with E-state index < -0.39 is 34.4 Å². The lowest BCUT2D eigenvalue weighted by molar-refractivity contribution is -0.124. The Hall–Kier alpha value is -2.48. The maximum absolute atomic E-state index is 13.2. The molecule has 7 nitrogen and oxygen atoms in total. The van der Waals surface area contributed by atoms with Gasteiger partial charge in [-0.3, -0.25) is 9.78 Å². The number of para-hydroxylation sites is 1. The van der Waals surface area contributed by atoms with E-state index >= 15 is 0 Å². The lowest BCUT2D eigenvalue weighted by Crippen LogP contribution is -2.38. The van der Waals surface area contributed by atoms with E-state index in [4.69, 9.17) is 9.72 Å². The predicted octanol–water partition coefficient (Wildman–Crippen LogP) is 2.85. The molecule has 1 aliphatic heterocycles. The molecule has 172 valence electrons. The standard InChI is InChI=1S/C24H30N2O5S/c1-24(2,3)15-8-9-20-18(12-15)22(17-6-4-5-7-19(17)26-20)23(28)31-13-21(27)25-16-10-11-32(29,30)14-16/h4-7,15-16H,8-14H2,1-3H3,(H,25,27)/t15-,16+/m1/s1. The van der Waals surface area contributed by atoms with Gasteiger partial charge in [0, 0.05) is 17.1 Å². The Labute approximate surface area is 188 Å². The van der Waals surface area contributed by atoms with Gasteiger partial charge >= 0.3 is 5.97 Å². The summed E-state index contributed by atoms with van der Waals surface area (Å²) < 4.78 is 28.6. The number of carbonyl (C=O) groups excluding carboxylic acids is 2. The van der Waals surface area contributed by atoms with Crippen molar-refractivity contribution in [3.63, 3.8) is 0 Å². The molecule has 2 atom stereocenters. The van der Waals surface area contributed by atoms with Gasteiger partial charge in [-0.25, -0.2) is 13.2 Å². The molecule has 1 saturated heterocycles. The molecule has 1 amide bonds. The van der Waals surface area contributed by atoms with Crippen molar-refractivity contribution in [1.29, 1.82) is 0 Å². The normalized spacial score (nSPS) is 22.3. The number of hydrogen-bond acceptors (Lipinski definition) is 6. The monoisotopic (exact) mass is 458 g/mol. The molecule has 1 aromatic heterocycles. The van der Waals surface area contributed by atoms with Crippen molar-refractivity contribution in [2.75, 3.05) is 18.1 Å². The second kappa shape index (κ2) is 8.46. The highest BCUT2D eigenvalue weighted by atomic mass is 32.2. The fraction of sp³-hybridized carbons (Fsp3) is 0.542. The average molecular weight is 459 g/mol. The molecule has 0 spiro atoms. The molecule has 32 heavy (non-hydrogen) atoms. The number of esters is 1. The van der Waals surface area contributed by atoms with Gasteiger partial charge in [0.05, 0.1) is 22.6 Å². The number of carbonyl (C=O) groups is 2. The molecular formula is C24H30N2O5S. The van der Waals surface area contributed by atoms with Gasteiger partial charge in [-0.05, 0) is 48.6 Å². The summed E-state index contributed by atoms with van der Waals surface area (Å²) in [5, 5.41) is 3.39. The molecule has 2 aromatic rings. The molecule has 0 radical (unpaired) electrons. The van der Waals surface area contributed by atoms with Crippen LogP contribution in [0.3, 0.4) is 0 Å². The van der Waals surface area contributed by atoms with Gasteiger partial charge < -0.3 is 10.1 Å². The summed E-state index contributed by atoms with van der Waals surface area (Å²) in [6.45, 7) is 6.19. The molecule has 2 heterocycles. The summed E-state index contributed by atoms with van der Waals surface area (Å²) in [4.78, 5) is 30.3. The molecule has 1 aliphatic carbocycles. The van der Waals surface area contributed by atoms with E-state index in [1.54, 1.807) is 0 Å². The van der Waals surface area contributed by atoms with E-state index in [-0.39, 0.29) is 16.9 Å². The van der Waals surface area contributed by atoms with Crippen LogP contribution in [0.4, 0.5) is 0 Å². The van der Waals surface area contributed by atoms with Crippen LogP contribution in [0.5, 0.6) is 0 Å². The predicted molar refractivity (Wildman–Crippen MR) is 122 cm³/mol. The molecule has 4 rings (SSSR count). The van der Waals surface area contributed by atoms with Crippen LogP contribution >= 0.6 is 0 Å². The first-order valence-corrected chi connectivity index (χ1v) is 12.9. The minimum Gasteiger partial charge on any atom is -0.452 e. The SMILES string of the molecule is CC(C)(C)[C@@H]1CCc2nc3ccccc3c(C(=O)OCC(=O)N[C@H]3CCS(=O)(=O)C3)c2C1. The second-order valence-electron chi connectivity index (χ2n) is 9.98. The molecule has 1 aromatic carbocycles. The van der Waals surface area contributed by atoms with Gasteiger partial charge in [0.1, 0.15) is 0 Å². The van der Waals surface area contributed by atoms with Crippen LogP contribution in [-0.2, 0) is 32.2 Å². The first-order chi connectivity index (χ1) is 15.0. The van der Waals surface area contributed by atoms with Crippen molar-refractivity contribution in [1.82, 2.24) is 10.3 Å². The summed E-state index contributed by atoms with van der Waals surface area (Å²) >= 11 is 0. The number of aryl methyl sites for hydroxylation is 1. The fourth-order valence-electron chi connectivity index (χ4n) is 4.74. The number of hydrogen-bond donors (Lipinski definition) is 1. The Bertz CT molecular complexity index is 1170. The number of aromatic nitrogens is 1. The smallest absolute Gasteiger partial charge is 0.339 e. The van der Waals surface area contributed by atoms with Crippen LogP contribution in [0.15, 0.2) is 24.3 Å². The third-order valence-corrected chi connectivity index (χ3v) is 8.39. The zero-order valence-corrected chi connectivity index (χ0v) is 19.6. The first kappa shape index (κ1) is 22.7. The zero-order valence-electron chi connectivity index (χ0n) is 18.8. The van der Waals surface area contributed by atoms with E-state index in [2.05, 4.69) is 26.1 Å². The number of fused-ring (bicyclic) bond motifs is 2. The van der Waals surface area contributed by atoms with E-state index in [9.17, 15) is 18.0 Å². The Kier molecular flexibility index (Phi) is 6.00. The van der Waals surface area contributed by atoms with E-state index in [0.717, 1.165) is 41.4 Å². The van der Waals surface area contributed by atoms with Crippen LogP contribution in [0.1, 0.15) is 55.2 Å². The van der Waals surface area contributed by atoms with Gasteiger partial charge in [0.25, 0.3) is 5.91 Å². The number of sulfone groups is 1. The molecular weight excluding hydrogens is 428 g/mol. The van der Waals surface area contributed by atoms with Crippen molar-refractivity contribution in [2.45, 2.75) is 52.5 Å². The average Bonchev–Trinajstić information content (AvgIpc) is 3.07. The number of amides is 1. The molecule has 2 aliphatic rings. The third-order valence-electron chi connectivity index (χ3n) is 6.62. The topological polar surface area (TPSA) is 102 Å². The Morgan fingerprint density at radius 2 is 1.94 bits per heavy atom. The Balaban J connectivity index is 1.56. The van der Waals surface area contributed by atoms with Crippen molar-refractivity contribution in [3.8, 4) is 0 Å². The summed E-state index contributed by atoms with van der Waals surface area (Å²) in [6.07, 6.45) is 2.95. The van der Waals surface area contributed by atoms with Crippen molar-refractivity contribution in [3.05, 3.63) is 41.1 Å². The van der Waals surface area contributed by atoms with Crippen molar-refractivity contribution in [2.24, 2.45) is 11.3 Å². The van der Waals surface area contributed by atoms with Crippen LogP contribution < -0.4 is 5.32 Å². The molecule has 1 N–H and O–H groups in total. The number of rotatable bonds is 4. The summed E-state index contributed by atoms with van der Waals surface area (Å²) in [7, 11) is -3.10. The highest BCUT2D eigenvalue weighted by Crippen LogP contribution is 2.39. The summed E-state index contributed by atoms with van der Waals surface area (Å²) in [6, 6.07) is 7.08.